The lowest BCUT2D eigenvalue weighted by atomic mass is 9.50. The van der Waals surface area contributed by atoms with Crippen molar-refractivity contribution in [3.05, 3.63) is 35.5 Å². The first-order valence-electron chi connectivity index (χ1n) is 13.4. The van der Waals surface area contributed by atoms with Gasteiger partial charge in [0.25, 0.3) is 0 Å². The van der Waals surface area contributed by atoms with Crippen molar-refractivity contribution in [3.8, 4) is 0 Å². The van der Waals surface area contributed by atoms with Gasteiger partial charge in [0.1, 0.15) is 6.10 Å². The Hall–Kier alpha value is -1.35. The van der Waals surface area contributed by atoms with Crippen molar-refractivity contribution in [2.24, 2.45) is 40.4 Å². The van der Waals surface area contributed by atoms with Crippen LogP contribution in [-0.2, 0) is 9.53 Å². The van der Waals surface area contributed by atoms with Crippen molar-refractivity contribution in [1.82, 2.24) is 0 Å². The third-order valence-electron chi connectivity index (χ3n) is 10.4. The molecular weight excluding hydrogens is 408 g/mol. The number of fused-ring (bicyclic) bond motifs is 5. The summed E-state index contributed by atoms with van der Waals surface area (Å²) in [6.45, 7) is 15.6. The smallest absolute Gasteiger partial charge is 0.302 e. The standard InChI is InChI=1S/C30H46O3/c1-19(2)20(3)8-9-21(4)25-10-11-26-24-13-17-30(32)18-23(33-22(5)31)12-16-29(30,7)27(24)14-15-28(25,26)6/h8-9,13-14,19-21,23,25-26,32H,10-12,15-18H2,1-7H3/b9-8+/t20-,21+,23+,25-,26+,28-,29+,30+/m0/s1. The van der Waals surface area contributed by atoms with E-state index in [0.29, 0.717) is 47.8 Å². The topological polar surface area (TPSA) is 46.5 Å². The summed E-state index contributed by atoms with van der Waals surface area (Å²) in [5.74, 6) is 2.94. The lowest BCUT2D eigenvalue weighted by molar-refractivity contribution is -0.163. The number of esters is 1. The highest BCUT2D eigenvalue weighted by atomic mass is 16.5. The largest absolute Gasteiger partial charge is 0.462 e. The Kier molecular flexibility index (Phi) is 6.53. The zero-order valence-corrected chi connectivity index (χ0v) is 22.0. The third-order valence-corrected chi connectivity index (χ3v) is 10.4. The van der Waals surface area contributed by atoms with Gasteiger partial charge in [-0.25, -0.2) is 0 Å². The van der Waals surface area contributed by atoms with E-state index in [9.17, 15) is 9.90 Å². The molecule has 0 aromatic rings. The number of allylic oxidation sites excluding steroid dienone is 4. The maximum Gasteiger partial charge on any atom is 0.302 e. The first-order chi connectivity index (χ1) is 15.4. The van der Waals surface area contributed by atoms with E-state index in [2.05, 4.69) is 65.8 Å². The van der Waals surface area contributed by atoms with E-state index in [1.54, 1.807) is 0 Å². The van der Waals surface area contributed by atoms with Crippen LogP contribution in [0.4, 0.5) is 0 Å². The predicted molar refractivity (Wildman–Crippen MR) is 134 cm³/mol. The summed E-state index contributed by atoms with van der Waals surface area (Å²) in [4.78, 5) is 11.5. The summed E-state index contributed by atoms with van der Waals surface area (Å²) >= 11 is 0. The van der Waals surface area contributed by atoms with Crippen molar-refractivity contribution in [2.45, 2.75) is 105 Å². The maximum atomic E-state index is 11.8. The molecule has 4 rings (SSSR count). The van der Waals surface area contributed by atoms with E-state index in [4.69, 9.17) is 4.74 Å². The number of carbonyl (C=O) groups is 1. The van der Waals surface area contributed by atoms with Gasteiger partial charge in [-0.1, -0.05) is 65.8 Å². The van der Waals surface area contributed by atoms with Crippen LogP contribution in [-0.4, -0.2) is 22.8 Å². The molecule has 0 aromatic heterocycles. The molecule has 1 N–H and O–H groups in total. The number of rotatable bonds is 5. The van der Waals surface area contributed by atoms with Crippen molar-refractivity contribution in [2.75, 3.05) is 0 Å². The Bertz CT molecular complexity index is 866. The van der Waals surface area contributed by atoms with Crippen LogP contribution in [0.1, 0.15) is 93.4 Å². The van der Waals surface area contributed by atoms with Gasteiger partial charge < -0.3 is 9.84 Å². The zero-order valence-electron chi connectivity index (χ0n) is 22.0. The molecular formula is C30H46O3. The second-order valence-corrected chi connectivity index (χ2v) is 12.6. The number of ether oxygens (including phenoxy) is 1. The first kappa shape index (κ1) is 24.8. The Morgan fingerprint density at radius 1 is 1.09 bits per heavy atom. The Morgan fingerprint density at radius 2 is 1.82 bits per heavy atom. The summed E-state index contributed by atoms with van der Waals surface area (Å²) in [5, 5.41) is 11.8. The number of hydrogen-bond acceptors (Lipinski definition) is 3. The van der Waals surface area contributed by atoms with Gasteiger partial charge in [0.15, 0.2) is 0 Å². The molecule has 2 saturated carbocycles. The number of aliphatic hydroxyl groups is 1. The van der Waals surface area contributed by atoms with E-state index in [1.165, 1.54) is 30.9 Å². The van der Waals surface area contributed by atoms with E-state index >= 15 is 0 Å². The van der Waals surface area contributed by atoms with Crippen molar-refractivity contribution < 1.29 is 14.6 Å². The molecule has 0 unspecified atom stereocenters. The Labute approximate surface area is 201 Å². The Morgan fingerprint density at radius 3 is 2.48 bits per heavy atom. The lowest BCUT2D eigenvalue weighted by Crippen LogP contribution is -2.56. The Balaban J connectivity index is 1.58. The molecule has 0 saturated heterocycles. The quantitative estimate of drug-likeness (QED) is 0.359. The van der Waals surface area contributed by atoms with E-state index < -0.39 is 5.60 Å². The lowest BCUT2D eigenvalue weighted by Gasteiger charge is -2.57. The minimum atomic E-state index is -0.824. The van der Waals surface area contributed by atoms with Crippen LogP contribution in [0, 0.1) is 40.4 Å². The fourth-order valence-electron chi connectivity index (χ4n) is 7.76. The molecule has 3 nitrogen and oxygen atoms in total. The molecule has 0 radical (unpaired) electrons. The normalized spacial score (nSPS) is 42.2. The first-order valence-corrected chi connectivity index (χ1v) is 13.4. The summed E-state index contributed by atoms with van der Waals surface area (Å²) in [6.07, 6.45) is 16.2. The number of hydrogen-bond donors (Lipinski definition) is 1. The molecule has 8 atom stereocenters. The molecule has 184 valence electrons. The number of carbonyl (C=O) groups excluding carboxylic acids is 1. The van der Waals surface area contributed by atoms with Gasteiger partial charge >= 0.3 is 5.97 Å². The molecule has 0 bridgehead atoms. The third kappa shape index (κ3) is 4.07. The molecule has 33 heavy (non-hydrogen) atoms. The fourth-order valence-corrected chi connectivity index (χ4v) is 7.76. The van der Waals surface area contributed by atoms with Crippen LogP contribution in [0.25, 0.3) is 0 Å². The second-order valence-electron chi connectivity index (χ2n) is 12.6. The van der Waals surface area contributed by atoms with Crippen molar-refractivity contribution in [1.29, 1.82) is 0 Å². The van der Waals surface area contributed by atoms with Crippen LogP contribution < -0.4 is 0 Å². The van der Waals surface area contributed by atoms with Gasteiger partial charge in [-0.3, -0.25) is 4.79 Å². The fraction of sp³-hybridized carbons (Fsp3) is 0.767. The molecule has 0 heterocycles. The molecule has 0 amide bonds. The van der Waals surface area contributed by atoms with Gasteiger partial charge in [0.2, 0.25) is 0 Å². The molecule has 0 spiro atoms. The molecule has 4 aliphatic carbocycles. The average molecular weight is 455 g/mol. The van der Waals surface area contributed by atoms with Gasteiger partial charge in [-0.05, 0) is 84.7 Å². The molecule has 2 fully saturated rings. The molecule has 4 aliphatic rings. The predicted octanol–water partition coefficient (Wildman–Crippen LogP) is 7.02. The average Bonchev–Trinajstić information content (AvgIpc) is 3.09. The van der Waals surface area contributed by atoms with E-state index in [-0.39, 0.29) is 17.5 Å². The highest BCUT2D eigenvalue weighted by Crippen LogP contribution is 2.65. The van der Waals surface area contributed by atoms with Crippen molar-refractivity contribution in [3.63, 3.8) is 0 Å². The zero-order chi connectivity index (χ0) is 24.2. The summed E-state index contributed by atoms with van der Waals surface area (Å²) < 4.78 is 5.52. The monoisotopic (exact) mass is 454 g/mol. The van der Waals surface area contributed by atoms with Crippen LogP contribution in [0.2, 0.25) is 0 Å². The minimum absolute atomic E-state index is 0.165. The molecule has 0 aliphatic heterocycles. The van der Waals surface area contributed by atoms with E-state index in [0.717, 1.165) is 19.3 Å². The molecule has 0 aromatic carbocycles. The van der Waals surface area contributed by atoms with Gasteiger partial charge in [-0.2, -0.15) is 0 Å². The molecule has 3 heteroatoms. The van der Waals surface area contributed by atoms with Crippen LogP contribution in [0.3, 0.4) is 0 Å². The van der Waals surface area contributed by atoms with Crippen LogP contribution >= 0.6 is 0 Å². The summed E-state index contributed by atoms with van der Waals surface area (Å²) in [5.41, 5.74) is 2.15. The highest BCUT2D eigenvalue weighted by Gasteiger charge is 2.60. The highest BCUT2D eigenvalue weighted by molar-refractivity contribution is 5.66. The van der Waals surface area contributed by atoms with Gasteiger partial charge in [0.05, 0.1) is 5.60 Å². The maximum absolute atomic E-state index is 11.8. The van der Waals surface area contributed by atoms with Crippen molar-refractivity contribution >= 4 is 5.97 Å². The summed E-state index contributed by atoms with van der Waals surface area (Å²) in [6, 6.07) is 0. The van der Waals surface area contributed by atoms with Gasteiger partial charge in [-0.15, -0.1) is 0 Å². The van der Waals surface area contributed by atoms with Gasteiger partial charge in [0, 0.05) is 18.8 Å². The summed E-state index contributed by atoms with van der Waals surface area (Å²) in [7, 11) is 0. The minimum Gasteiger partial charge on any atom is -0.462 e. The van der Waals surface area contributed by atoms with Crippen LogP contribution in [0.15, 0.2) is 35.5 Å². The van der Waals surface area contributed by atoms with Crippen LogP contribution in [0.5, 0.6) is 0 Å². The second kappa shape index (κ2) is 8.70. The van der Waals surface area contributed by atoms with E-state index in [1.807, 2.05) is 0 Å². The SMILES string of the molecule is CC(=O)O[C@@H]1CC[C@]2(C)C3=CC[C@]4(C)[C@H](CC[C@H]4[C@H](C)/C=C/[C@H](C)C(C)C)C3=CC[C@@]2(O)C1.